The second-order valence-electron chi connectivity index (χ2n) is 5.64. The number of carbonyl (C=O) groups is 1. The Labute approximate surface area is 127 Å². The maximum Gasteiger partial charge on any atom is 0.248 e. The van der Waals surface area contributed by atoms with E-state index in [-0.39, 0.29) is 12.5 Å². The molecule has 0 radical (unpaired) electrons. The minimum absolute atomic E-state index is 0.0965. The summed E-state index contributed by atoms with van der Waals surface area (Å²) >= 11 is 0. The highest BCUT2D eigenvalue weighted by atomic mass is 16.5. The first-order valence-corrected chi connectivity index (χ1v) is 7.74. The van der Waals surface area contributed by atoms with Crippen molar-refractivity contribution in [1.29, 1.82) is 0 Å². The van der Waals surface area contributed by atoms with Gasteiger partial charge in [0.2, 0.25) is 5.91 Å². The largest absolute Gasteiger partial charge is 0.375 e. The number of benzene rings is 1. The van der Waals surface area contributed by atoms with Crippen LogP contribution in [0, 0.1) is 0 Å². The van der Waals surface area contributed by atoms with Crippen LogP contribution in [0.4, 0.5) is 0 Å². The van der Waals surface area contributed by atoms with Crippen molar-refractivity contribution < 1.29 is 9.53 Å². The van der Waals surface area contributed by atoms with Crippen molar-refractivity contribution in [3.8, 4) is 0 Å². The highest BCUT2D eigenvalue weighted by Crippen LogP contribution is 2.26. The van der Waals surface area contributed by atoms with Crippen LogP contribution in [0.25, 0.3) is 0 Å². The predicted molar refractivity (Wildman–Crippen MR) is 84.1 cm³/mol. The number of ether oxygens (including phenoxy) is 1. The number of methoxy groups -OCH3 is 1. The molecule has 4 heteroatoms. The van der Waals surface area contributed by atoms with E-state index in [0.717, 1.165) is 26.1 Å². The Kier molecular flexibility index (Phi) is 5.76. The van der Waals surface area contributed by atoms with Crippen molar-refractivity contribution in [2.75, 3.05) is 33.4 Å². The summed E-state index contributed by atoms with van der Waals surface area (Å²) in [5.74, 6) is 0.0965. The number of likely N-dealkylation sites (N-methyl/N-ethyl adjacent to an activating group) is 1. The molecule has 116 valence electrons. The van der Waals surface area contributed by atoms with E-state index >= 15 is 0 Å². The van der Waals surface area contributed by atoms with Crippen molar-refractivity contribution in [1.82, 2.24) is 9.80 Å². The van der Waals surface area contributed by atoms with Crippen LogP contribution >= 0.6 is 0 Å². The molecule has 1 aliphatic rings. The quantitative estimate of drug-likeness (QED) is 0.806. The van der Waals surface area contributed by atoms with Crippen molar-refractivity contribution in [3.63, 3.8) is 0 Å². The lowest BCUT2D eigenvalue weighted by molar-refractivity contribution is -0.137. The molecule has 0 saturated carbocycles. The molecule has 0 N–H and O–H groups in total. The Bertz CT molecular complexity index is 449. The zero-order valence-electron chi connectivity index (χ0n) is 13.3. The van der Waals surface area contributed by atoms with Gasteiger partial charge in [0.05, 0.1) is 0 Å². The molecule has 0 bridgehead atoms. The predicted octanol–water partition coefficient (Wildman–Crippen LogP) is 2.32. The minimum Gasteiger partial charge on any atom is -0.375 e. The minimum atomic E-state index is 0.0965. The lowest BCUT2D eigenvalue weighted by Gasteiger charge is -2.29. The Morgan fingerprint density at radius 3 is 2.76 bits per heavy atom. The van der Waals surface area contributed by atoms with Gasteiger partial charge in [-0.05, 0) is 25.8 Å². The first kappa shape index (κ1) is 16.0. The maximum atomic E-state index is 12.1. The van der Waals surface area contributed by atoms with Crippen molar-refractivity contribution in [2.24, 2.45) is 0 Å². The van der Waals surface area contributed by atoms with Gasteiger partial charge in [0.15, 0.2) is 0 Å². The molecule has 1 aromatic rings. The van der Waals surface area contributed by atoms with Crippen LogP contribution in [0.1, 0.15) is 31.9 Å². The molecule has 0 spiro atoms. The Balaban J connectivity index is 1.97. The highest BCUT2D eigenvalue weighted by molar-refractivity contribution is 5.77. The van der Waals surface area contributed by atoms with Gasteiger partial charge in [-0.15, -0.1) is 0 Å². The summed E-state index contributed by atoms with van der Waals surface area (Å²) in [6.07, 6.45) is 1.04. The van der Waals surface area contributed by atoms with Gasteiger partial charge in [-0.3, -0.25) is 9.69 Å². The third kappa shape index (κ3) is 3.83. The molecule has 21 heavy (non-hydrogen) atoms. The summed E-state index contributed by atoms with van der Waals surface area (Å²) in [4.78, 5) is 16.5. The summed E-state index contributed by atoms with van der Waals surface area (Å²) in [5.41, 5.74) is 1.34. The smallest absolute Gasteiger partial charge is 0.248 e. The van der Waals surface area contributed by atoms with Gasteiger partial charge in [-0.1, -0.05) is 30.3 Å². The van der Waals surface area contributed by atoms with Gasteiger partial charge in [0.25, 0.3) is 0 Å². The third-order valence-electron chi connectivity index (χ3n) is 4.39. The number of carbonyl (C=O) groups excluding carboxylic acids is 1. The standard InChI is InChI=1S/C17H26N2O2/c1-4-19(17(20)13-21-3)16-10-11-18(12-16)14(2)15-8-6-5-7-9-15/h5-9,14,16H,4,10-13H2,1-3H3/t14-,16-/m1/s1. The topological polar surface area (TPSA) is 32.8 Å². The van der Waals surface area contributed by atoms with Crippen LogP contribution in [-0.4, -0.2) is 55.1 Å². The molecule has 2 rings (SSSR count). The fourth-order valence-electron chi connectivity index (χ4n) is 3.16. The van der Waals surface area contributed by atoms with Gasteiger partial charge >= 0.3 is 0 Å². The summed E-state index contributed by atoms with van der Waals surface area (Å²) < 4.78 is 4.98. The second kappa shape index (κ2) is 7.57. The van der Waals surface area contributed by atoms with Gasteiger partial charge in [0.1, 0.15) is 6.61 Å². The zero-order chi connectivity index (χ0) is 15.2. The number of likely N-dealkylation sites (tertiary alicyclic amines) is 1. The van der Waals surface area contributed by atoms with E-state index in [0.29, 0.717) is 12.1 Å². The Morgan fingerprint density at radius 1 is 1.43 bits per heavy atom. The van der Waals surface area contributed by atoms with Crippen LogP contribution in [0.5, 0.6) is 0 Å². The van der Waals surface area contributed by atoms with Crippen molar-refractivity contribution in [2.45, 2.75) is 32.4 Å². The lowest BCUT2D eigenvalue weighted by atomic mass is 10.1. The van der Waals surface area contributed by atoms with Crippen LogP contribution in [0.3, 0.4) is 0 Å². The molecular formula is C17H26N2O2. The van der Waals surface area contributed by atoms with E-state index in [1.54, 1.807) is 7.11 Å². The molecule has 1 fully saturated rings. The fourth-order valence-corrected chi connectivity index (χ4v) is 3.16. The van der Waals surface area contributed by atoms with E-state index in [1.165, 1.54) is 5.56 Å². The first-order chi connectivity index (χ1) is 10.2. The number of rotatable bonds is 6. The van der Waals surface area contributed by atoms with Gasteiger partial charge in [-0.25, -0.2) is 0 Å². The number of amides is 1. The average molecular weight is 290 g/mol. The molecule has 1 heterocycles. The van der Waals surface area contributed by atoms with Crippen LogP contribution in [0.2, 0.25) is 0 Å². The van der Waals surface area contributed by atoms with E-state index in [4.69, 9.17) is 4.74 Å². The molecule has 2 atom stereocenters. The number of hydrogen-bond acceptors (Lipinski definition) is 3. The van der Waals surface area contributed by atoms with E-state index in [9.17, 15) is 4.79 Å². The molecule has 0 aliphatic carbocycles. The van der Waals surface area contributed by atoms with Gasteiger partial charge < -0.3 is 9.64 Å². The highest BCUT2D eigenvalue weighted by Gasteiger charge is 2.32. The van der Waals surface area contributed by atoms with Crippen molar-refractivity contribution in [3.05, 3.63) is 35.9 Å². The molecular weight excluding hydrogens is 264 g/mol. The number of nitrogens with zero attached hydrogens (tertiary/aromatic N) is 2. The molecule has 1 amide bonds. The second-order valence-corrected chi connectivity index (χ2v) is 5.64. The lowest BCUT2D eigenvalue weighted by Crippen LogP contribution is -2.43. The maximum absolute atomic E-state index is 12.1. The molecule has 1 aliphatic heterocycles. The van der Waals surface area contributed by atoms with Gasteiger partial charge in [-0.2, -0.15) is 0 Å². The van der Waals surface area contributed by atoms with Crippen molar-refractivity contribution >= 4 is 5.91 Å². The van der Waals surface area contributed by atoms with E-state index in [2.05, 4.69) is 36.1 Å². The fraction of sp³-hybridized carbons (Fsp3) is 0.588. The van der Waals surface area contributed by atoms with Crippen LogP contribution < -0.4 is 0 Å². The summed E-state index contributed by atoms with van der Waals surface area (Å²) in [6, 6.07) is 11.3. The SMILES string of the molecule is CCN(C(=O)COC)[C@@H]1CCN([C@H](C)c2ccccc2)C1. The van der Waals surface area contributed by atoms with E-state index in [1.807, 2.05) is 17.9 Å². The van der Waals surface area contributed by atoms with E-state index < -0.39 is 0 Å². The summed E-state index contributed by atoms with van der Waals surface area (Å²) in [6.45, 7) is 7.19. The molecule has 4 nitrogen and oxygen atoms in total. The van der Waals surface area contributed by atoms with Crippen LogP contribution in [0.15, 0.2) is 30.3 Å². The molecule has 0 aromatic heterocycles. The molecule has 1 aromatic carbocycles. The first-order valence-electron chi connectivity index (χ1n) is 7.74. The zero-order valence-corrected chi connectivity index (χ0v) is 13.3. The van der Waals surface area contributed by atoms with Crippen LogP contribution in [-0.2, 0) is 9.53 Å². The average Bonchev–Trinajstić information content (AvgIpc) is 2.98. The molecule has 1 saturated heterocycles. The summed E-state index contributed by atoms with van der Waals surface area (Å²) in [5, 5.41) is 0. The summed E-state index contributed by atoms with van der Waals surface area (Å²) in [7, 11) is 1.57. The monoisotopic (exact) mass is 290 g/mol. The molecule has 0 unspecified atom stereocenters. The normalized spacial score (nSPS) is 20.4. The number of hydrogen-bond donors (Lipinski definition) is 0. The Hall–Kier alpha value is -1.39. The third-order valence-corrected chi connectivity index (χ3v) is 4.39. The van der Waals surface area contributed by atoms with Gasteiger partial charge in [0, 0.05) is 38.8 Å². The Morgan fingerprint density at radius 2 is 2.14 bits per heavy atom.